The van der Waals surface area contributed by atoms with E-state index >= 15 is 0 Å². The number of aliphatic hydroxyl groups excluding tert-OH is 1. The Balaban J connectivity index is 0.000000307. The van der Waals surface area contributed by atoms with Gasteiger partial charge in [0.2, 0.25) is 0 Å². The van der Waals surface area contributed by atoms with Crippen LogP contribution < -0.4 is 5.43 Å². The molecule has 0 aromatic heterocycles. The summed E-state index contributed by atoms with van der Waals surface area (Å²) >= 11 is 0. The van der Waals surface area contributed by atoms with Crippen molar-refractivity contribution in [3.05, 3.63) is 12.2 Å². The van der Waals surface area contributed by atoms with Gasteiger partial charge in [-0.3, -0.25) is 10.3 Å². The minimum Gasteiger partial charge on any atom is -0.478 e. The second-order valence-electron chi connectivity index (χ2n) is 5.61. The first-order valence-electron chi connectivity index (χ1n) is 8.08. The van der Waals surface area contributed by atoms with E-state index in [4.69, 9.17) is 14.9 Å². The number of aliphatic hydroxyl groups is 1. The number of β-amino-alcohol motifs (C(OH)–C–C–N with tert-alkyl or cyclic N) is 1. The molecule has 0 bridgehead atoms. The van der Waals surface area contributed by atoms with Crippen LogP contribution in [0.25, 0.3) is 0 Å². The number of rotatable bonds is 6. The van der Waals surface area contributed by atoms with E-state index < -0.39 is 11.9 Å². The Labute approximate surface area is 141 Å². The van der Waals surface area contributed by atoms with Gasteiger partial charge in [0.15, 0.2) is 0 Å². The zero-order valence-electron chi connectivity index (χ0n) is 13.8. The van der Waals surface area contributed by atoms with Crippen LogP contribution in [0.3, 0.4) is 0 Å². The number of piperidine rings is 1. The molecule has 2 aliphatic rings. The number of carboxylic acid groups (broad SMARTS) is 2. The normalized spacial score (nSPS) is 22.8. The average Bonchev–Trinajstić information content (AvgIpc) is 2.55. The fourth-order valence-electron chi connectivity index (χ4n) is 2.43. The molecule has 0 spiro atoms. The Morgan fingerprint density at radius 3 is 2.29 bits per heavy atom. The number of hydrogen-bond donors (Lipinski definition) is 4. The van der Waals surface area contributed by atoms with Crippen LogP contribution in [0.4, 0.5) is 0 Å². The molecule has 2 fully saturated rings. The van der Waals surface area contributed by atoms with Crippen LogP contribution >= 0.6 is 0 Å². The molecule has 0 aromatic rings. The molecule has 0 aromatic carbocycles. The van der Waals surface area contributed by atoms with Gasteiger partial charge in [-0.25, -0.2) is 14.6 Å². The molecule has 4 N–H and O–H groups in total. The first-order valence-corrected chi connectivity index (χ1v) is 8.08. The van der Waals surface area contributed by atoms with Crippen LogP contribution in [0.5, 0.6) is 0 Å². The van der Waals surface area contributed by atoms with Crippen molar-refractivity contribution in [3.63, 3.8) is 0 Å². The Morgan fingerprint density at radius 2 is 1.75 bits per heavy atom. The first kappa shape index (κ1) is 20.5. The third kappa shape index (κ3) is 10.3. The van der Waals surface area contributed by atoms with Crippen molar-refractivity contribution in [3.8, 4) is 0 Å². The van der Waals surface area contributed by atoms with Gasteiger partial charge in [0.25, 0.3) is 0 Å². The number of nitrogens with zero attached hydrogens (tertiary/aromatic N) is 2. The van der Waals surface area contributed by atoms with E-state index in [0.717, 1.165) is 65.3 Å². The number of carbonyl (C=O) groups is 2. The summed E-state index contributed by atoms with van der Waals surface area (Å²) in [5.74, 6) is -2.51. The lowest BCUT2D eigenvalue weighted by Gasteiger charge is -2.32. The van der Waals surface area contributed by atoms with Crippen molar-refractivity contribution in [2.24, 2.45) is 0 Å². The standard InChI is InChI=1S/C11H23N3O2.C4H4O4/c15-11-2-1-4-14(10-11)12-3-5-13-6-8-16-9-7-13;5-3(6)1-2-4(7)8/h11-12,15H,1-10H2;1-2H,(H,5,6)(H,7,8)/b;2-1-. The number of carboxylic acids is 2. The number of morpholine rings is 1. The van der Waals surface area contributed by atoms with Crippen molar-refractivity contribution in [2.45, 2.75) is 18.9 Å². The van der Waals surface area contributed by atoms with Crippen molar-refractivity contribution < 1.29 is 29.6 Å². The number of aliphatic carboxylic acids is 2. The largest absolute Gasteiger partial charge is 0.478 e. The van der Waals surface area contributed by atoms with Gasteiger partial charge in [-0.05, 0) is 12.8 Å². The lowest BCUT2D eigenvalue weighted by Crippen LogP contribution is -2.49. The smallest absolute Gasteiger partial charge is 0.328 e. The van der Waals surface area contributed by atoms with Crippen molar-refractivity contribution >= 4 is 11.9 Å². The average molecular weight is 345 g/mol. The van der Waals surface area contributed by atoms with Gasteiger partial charge >= 0.3 is 11.9 Å². The van der Waals surface area contributed by atoms with E-state index in [1.54, 1.807) is 0 Å². The van der Waals surface area contributed by atoms with Crippen LogP contribution in [0, 0.1) is 0 Å². The Morgan fingerprint density at radius 1 is 1.12 bits per heavy atom. The zero-order chi connectivity index (χ0) is 17.8. The van der Waals surface area contributed by atoms with Gasteiger partial charge in [0.1, 0.15) is 0 Å². The highest BCUT2D eigenvalue weighted by atomic mass is 16.5. The molecule has 1 unspecified atom stereocenters. The summed E-state index contributed by atoms with van der Waals surface area (Å²) in [5.41, 5.74) is 3.39. The van der Waals surface area contributed by atoms with Crippen LogP contribution in [0.2, 0.25) is 0 Å². The quantitative estimate of drug-likeness (QED) is 0.449. The van der Waals surface area contributed by atoms with E-state index in [9.17, 15) is 14.7 Å². The number of hydrazine groups is 1. The summed E-state index contributed by atoms with van der Waals surface area (Å²) in [7, 11) is 0. The summed E-state index contributed by atoms with van der Waals surface area (Å²) in [6.45, 7) is 7.67. The molecule has 0 radical (unpaired) electrons. The highest BCUT2D eigenvalue weighted by Crippen LogP contribution is 2.06. The molecule has 0 saturated carbocycles. The molecule has 2 rings (SSSR count). The first-order chi connectivity index (χ1) is 11.5. The summed E-state index contributed by atoms with van der Waals surface area (Å²) in [4.78, 5) is 21.5. The molecular formula is C15H27N3O6. The molecular weight excluding hydrogens is 318 g/mol. The number of ether oxygens (including phenoxy) is 1. The summed E-state index contributed by atoms with van der Waals surface area (Å²) < 4.78 is 5.30. The van der Waals surface area contributed by atoms with Crippen LogP contribution in [-0.4, -0.2) is 95.8 Å². The minimum atomic E-state index is -1.26. The van der Waals surface area contributed by atoms with Crippen LogP contribution in [-0.2, 0) is 14.3 Å². The van der Waals surface area contributed by atoms with Gasteiger partial charge in [-0.15, -0.1) is 0 Å². The van der Waals surface area contributed by atoms with Crippen molar-refractivity contribution in [2.75, 3.05) is 52.5 Å². The Bertz CT molecular complexity index is 396. The molecule has 9 nitrogen and oxygen atoms in total. The van der Waals surface area contributed by atoms with Crippen LogP contribution in [0.1, 0.15) is 12.8 Å². The molecule has 9 heteroatoms. The van der Waals surface area contributed by atoms with Crippen LogP contribution in [0.15, 0.2) is 12.2 Å². The second kappa shape index (κ2) is 11.9. The molecule has 138 valence electrons. The molecule has 24 heavy (non-hydrogen) atoms. The highest BCUT2D eigenvalue weighted by molar-refractivity contribution is 5.89. The second-order valence-corrected chi connectivity index (χ2v) is 5.61. The fraction of sp³-hybridized carbons (Fsp3) is 0.733. The predicted octanol–water partition coefficient (Wildman–Crippen LogP) is -1.01. The monoisotopic (exact) mass is 345 g/mol. The number of hydrogen-bond acceptors (Lipinski definition) is 7. The van der Waals surface area contributed by atoms with Gasteiger partial charge in [-0.2, -0.15) is 0 Å². The van der Waals surface area contributed by atoms with Gasteiger partial charge < -0.3 is 20.1 Å². The minimum absolute atomic E-state index is 0.148. The molecule has 0 amide bonds. The van der Waals surface area contributed by atoms with Crippen molar-refractivity contribution in [1.82, 2.24) is 15.3 Å². The van der Waals surface area contributed by atoms with Crippen molar-refractivity contribution in [1.29, 1.82) is 0 Å². The molecule has 2 saturated heterocycles. The SMILES string of the molecule is O=C(O)/C=C\C(=O)O.OC1CCCN(NCCN2CCOCC2)C1. The maximum atomic E-state index is 9.55. The van der Waals surface area contributed by atoms with E-state index in [0.29, 0.717) is 12.2 Å². The third-order valence-corrected chi connectivity index (χ3v) is 3.63. The predicted molar refractivity (Wildman–Crippen MR) is 86.5 cm³/mol. The summed E-state index contributed by atoms with van der Waals surface area (Å²) in [5, 5.41) is 27.3. The maximum absolute atomic E-state index is 9.55. The Kier molecular flexibility index (Phi) is 10.2. The summed E-state index contributed by atoms with van der Waals surface area (Å²) in [6.07, 6.45) is 3.00. The lowest BCUT2D eigenvalue weighted by atomic mass is 10.1. The topological polar surface area (TPSA) is 123 Å². The van der Waals surface area contributed by atoms with E-state index in [1.807, 2.05) is 0 Å². The van der Waals surface area contributed by atoms with Gasteiger partial charge in [-0.1, -0.05) is 0 Å². The maximum Gasteiger partial charge on any atom is 0.328 e. The molecule has 0 aliphatic carbocycles. The zero-order valence-corrected chi connectivity index (χ0v) is 13.8. The highest BCUT2D eigenvalue weighted by Gasteiger charge is 2.17. The summed E-state index contributed by atoms with van der Waals surface area (Å²) in [6, 6.07) is 0. The van der Waals surface area contributed by atoms with E-state index in [2.05, 4.69) is 15.3 Å². The van der Waals surface area contributed by atoms with Gasteiger partial charge in [0.05, 0.1) is 19.3 Å². The molecule has 2 heterocycles. The third-order valence-electron chi connectivity index (χ3n) is 3.63. The van der Waals surface area contributed by atoms with E-state index in [1.165, 1.54) is 0 Å². The fourth-order valence-corrected chi connectivity index (χ4v) is 2.43. The lowest BCUT2D eigenvalue weighted by molar-refractivity contribution is -0.134. The molecule has 1 atom stereocenters. The van der Waals surface area contributed by atoms with Gasteiger partial charge in [0, 0.05) is 51.4 Å². The van der Waals surface area contributed by atoms with E-state index in [-0.39, 0.29) is 6.10 Å². The Hall–Kier alpha value is -1.52. The molecule has 2 aliphatic heterocycles. The number of nitrogens with one attached hydrogen (secondary N) is 1.